The first-order valence-electron chi connectivity index (χ1n) is 6.17. The average molecular weight is 311 g/mol. The lowest BCUT2D eigenvalue weighted by Crippen LogP contribution is -2.30. The third-order valence-corrected chi connectivity index (χ3v) is 3.17. The van der Waals surface area contributed by atoms with E-state index in [9.17, 15) is 13.6 Å². The number of nitrogens with one attached hydrogen (secondary N) is 1. The van der Waals surface area contributed by atoms with Gasteiger partial charge in [0.25, 0.3) is 0 Å². The molecule has 0 bridgehead atoms. The quantitative estimate of drug-likeness (QED) is 0.934. The highest BCUT2D eigenvalue weighted by atomic mass is 35.5. The van der Waals surface area contributed by atoms with Gasteiger partial charge in [-0.1, -0.05) is 11.6 Å². The Labute approximate surface area is 126 Å². The Morgan fingerprint density at radius 2 is 1.76 bits per heavy atom. The van der Waals surface area contributed by atoms with Gasteiger partial charge in [0.2, 0.25) is 5.91 Å². The van der Waals surface area contributed by atoms with Crippen LogP contribution in [-0.2, 0) is 4.79 Å². The number of amides is 1. The molecule has 6 heteroatoms. The molecule has 2 rings (SSSR count). The van der Waals surface area contributed by atoms with E-state index < -0.39 is 5.82 Å². The Kier molecular flexibility index (Phi) is 4.75. The summed E-state index contributed by atoms with van der Waals surface area (Å²) in [5, 5.41) is 2.73. The van der Waals surface area contributed by atoms with Crippen molar-refractivity contribution in [3.63, 3.8) is 0 Å². The molecule has 0 aromatic heterocycles. The normalized spacial score (nSPS) is 10.3. The second-order valence-corrected chi connectivity index (χ2v) is 4.91. The number of nitrogens with zero attached hydrogens (tertiary/aromatic N) is 1. The Hall–Kier alpha value is -2.14. The van der Waals surface area contributed by atoms with Crippen LogP contribution in [0.5, 0.6) is 0 Å². The fourth-order valence-electron chi connectivity index (χ4n) is 1.78. The van der Waals surface area contributed by atoms with Crippen LogP contribution in [0.25, 0.3) is 0 Å². The molecule has 1 amide bonds. The zero-order valence-corrected chi connectivity index (χ0v) is 12.0. The van der Waals surface area contributed by atoms with Crippen molar-refractivity contribution in [2.45, 2.75) is 0 Å². The predicted molar refractivity (Wildman–Crippen MR) is 79.7 cm³/mol. The molecule has 0 saturated carbocycles. The highest BCUT2D eigenvalue weighted by Crippen LogP contribution is 2.22. The lowest BCUT2D eigenvalue weighted by Gasteiger charge is -2.19. The topological polar surface area (TPSA) is 32.3 Å². The molecule has 0 radical (unpaired) electrons. The highest BCUT2D eigenvalue weighted by Gasteiger charge is 2.10. The SMILES string of the molecule is CN(CC(=O)Nc1ccc(F)cc1Cl)c1ccc(F)cc1. The number of hydrogen-bond acceptors (Lipinski definition) is 2. The molecule has 2 aromatic carbocycles. The minimum absolute atomic E-state index is 0.0549. The van der Waals surface area contributed by atoms with Crippen LogP contribution in [-0.4, -0.2) is 19.5 Å². The Balaban J connectivity index is 1.99. The second kappa shape index (κ2) is 6.54. The number of rotatable bonds is 4. The van der Waals surface area contributed by atoms with Crippen molar-refractivity contribution in [3.05, 3.63) is 59.1 Å². The van der Waals surface area contributed by atoms with E-state index in [0.29, 0.717) is 11.4 Å². The summed E-state index contributed by atoms with van der Waals surface area (Å²) < 4.78 is 25.7. The molecule has 0 aliphatic carbocycles. The van der Waals surface area contributed by atoms with Crippen molar-refractivity contribution >= 4 is 28.9 Å². The zero-order valence-electron chi connectivity index (χ0n) is 11.2. The molecule has 0 aliphatic rings. The van der Waals surface area contributed by atoms with Crippen LogP contribution < -0.4 is 10.2 Å². The van der Waals surface area contributed by atoms with Gasteiger partial charge in [-0.25, -0.2) is 8.78 Å². The molecule has 0 atom stereocenters. The van der Waals surface area contributed by atoms with Crippen molar-refractivity contribution in [2.75, 3.05) is 23.8 Å². The molecule has 0 fully saturated rings. The molecular weight excluding hydrogens is 298 g/mol. The van der Waals surface area contributed by atoms with E-state index in [1.807, 2.05) is 0 Å². The van der Waals surface area contributed by atoms with Gasteiger partial charge in [0.1, 0.15) is 11.6 Å². The van der Waals surface area contributed by atoms with Gasteiger partial charge in [0.15, 0.2) is 0 Å². The summed E-state index contributed by atoms with van der Waals surface area (Å²) in [6.45, 7) is 0.0549. The maximum absolute atomic E-state index is 12.9. The molecule has 3 nitrogen and oxygen atoms in total. The fourth-order valence-corrected chi connectivity index (χ4v) is 2.00. The highest BCUT2D eigenvalue weighted by molar-refractivity contribution is 6.33. The van der Waals surface area contributed by atoms with Gasteiger partial charge in [-0.2, -0.15) is 0 Å². The first kappa shape index (κ1) is 15.3. The maximum atomic E-state index is 12.9. The smallest absolute Gasteiger partial charge is 0.243 e. The first-order chi connectivity index (χ1) is 9.95. The summed E-state index contributed by atoms with van der Waals surface area (Å²) in [5.74, 6) is -1.12. The Morgan fingerprint density at radius 3 is 2.38 bits per heavy atom. The molecule has 1 N–H and O–H groups in total. The minimum Gasteiger partial charge on any atom is -0.365 e. The van der Waals surface area contributed by atoms with E-state index >= 15 is 0 Å². The van der Waals surface area contributed by atoms with E-state index in [2.05, 4.69) is 5.32 Å². The Bertz CT molecular complexity index is 647. The number of carbonyl (C=O) groups is 1. The fraction of sp³-hybridized carbons (Fsp3) is 0.133. The standard InChI is InChI=1S/C15H13ClF2N2O/c1-20(12-5-2-10(17)3-6-12)9-15(21)19-14-7-4-11(18)8-13(14)16/h2-8H,9H2,1H3,(H,19,21). The molecule has 110 valence electrons. The van der Waals surface area contributed by atoms with Gasteiger partial charge >= 0.3 is 0 Å². The summed E-state index contributed by atoms with van der Waals surface area (Å²) in [4.78, 5) is 13.6. The number of hydrogen-bond donors (Lipinski definition) is 1. The van der Waals surface area contributed by atoms with E-state index in [1.165, 1.54) is 24.3 Å². The van der Waals surface area contributed by atoms with Crippen LogP contribution in [0.1, 0.15) is 0 Å². The van der Waals surface area contributed by atoms with Gasteiger partial charge in [-0.3, -0.25) is 4.79 Å². The number of halogens is 3. The van der Waals surface area contributed by atoms with Gasteiger partial charge in [0.05, 0.1) is 17.3 Å². The van der Waals surface area contributed by atoms with Crippen LogP contribution in [0.4, 0.5) is 20.2 Å². The zero-order chi connectivity index (χ0) is 15.4. The minimum atomic E-state index is -0.471. The molecule has 0 unspecified atom stereocenters. The van der Waals surface area contributed by atoms with Crippen molar-refractivity contribution < 1.29 is 13.6 Å². The summed E-state index contributed by atoms with van der Waals surface area (Å²) in [5.41, 5.74) is 1.05. The molecule has 0 spiro atoms. The lowest BCUT2D eigenvalue weighted by molar-refractivity contribution is -0.114. The number of benzene rings is 2. The van der Waals surface area contributed by atoms with Gasteiger partial charge in [-0.05, 0) is 42.5 Å². The first-order valence-corrected chi connectivity index (χ1v) is 6.55. The summed E-state index contributed by atoms with van der Waals surface area (Å²) in [7, 11) is 1.71. The summed E-state index contributed by atoms with van der Waals surface area (Å²) in [6.07, 6.45) is 0. The van der Waals surface area contributed by atoms with Crippen molar-refractivity contribution in [3.8, 4) is 0 Å². The van der Waals surface area contributed by atoms with E-state index in [4.69, 9.17) is 11.6 Å². The molecule has 21 heavy (non-hydrogen) atoms. The van der Waals surface area contributed by atoms with E-state index in [-0.39, 0.29) is 23.3 Å². The molecule has 0 saturated heterocycles. The van der Waals surface area contributed by atoms with Crippen LogP contribution in [0.2, 0.25) is 5.02 Å². The van der Waals surface area contributed by atoms with E-state index in [0.717, 1.165) is 6.07 Å². The monoisotopic (exact) mass is 310 g/mol. The van der Waals surface area contributed by atoms with Crippen molar-refractivity contribution in [1.29, 1.82) is 0 Å². The van der Waals surface area contributed by atoms with Gasteiger partial charge in [-0.15, -0.1) is 0 Å². The lowest BCUT2D eigenvalue weighted by atomic mass is 10.3. The van der Waals surface area contributed by atoms with Gasteiger partial charge in [0, 0.05) is 12.7 Å². The third-order valence-electron chi connectivity index (χ3n) is 2.85. The Morgan fingerprint density at radius 1 is 1.14 bits per heavy atom. The second-order valence-electron chi connectivity index (χ2n) is 4.50. The molecule has 2 aromatic rings. The number of likely N-dealkylation sites (N-methyl/N-ethyl adjacent to an activating group) is 1. The van der Waals surface area contributed by atoms with Gasteiger partial charge < -0.3 is 10.2 Å². The van der Waals surface area contributed by atoms with Crippen molar-refractivity contribution in [1.82, 2.24) is 0 Å². The summed E-state index contributed by atoms with van der Waals surface area (Å²) in [6, 6.07) is 9.53. The largest absolute Gasteiger partial charge is 0.365 e. The number of carbonyl (C=O) groups excluding carboxylic acids is 1. The average Bonchev–Trinajstić information content (AvgIpc) is 2.42. The molecule has 0 heterocycles. The summed E-state index contributed by atoms with van der Waals surface area (Å²) >= 11 is 5.83. The number of anilines is 2. The van der Waals surface area contributed by atoms with E-state index in [1.54, 1.807) is 24.1 Å². The predicted octanol–water partition coefficient (Wildman–Crippen LogP) is 3.69. The van der Waals surface area contributed by atoms with Crippen molar-refractivity contribution in [2.24, 2.45) is 0 Å². The third kappa shape index (κ3) is 4.16. The van der Waals surface area contributed by atoms with Crippen LogP contribution in [0.15, 0.2) is 42.5 Å². The maximum Gasteiger partial charge on any atom is 0.243 e. The molecular formula is C15H13ClF2N2O. The van der Waals surface area contributed by atoms with Crippen LogP contribution in [0.3, 0.4) is 0 Å². The van der Waals surface area contributed by atoms with Crippen LogP contribution >= 0.6 is 11.6 Å². The van der Waals surface area contributed by atoms with Crippen LogP contribution in [0, 0.1) is 11.6 Å². The molecule has 0 aliphatic heterocycles.